The van der Waals surface area contributed by atoms with Crippen molar-refractivity contribution in [1.82, 2.24) is 4.90 Å². The van der Waals surface area contributed by atoms with Crippen molar-refractivity contribution in [3.8, 4) is 0 Å². The SMILES string of the molecule is COC(=O)c1ccc2c(c1)CCCC(c1ccc(Cl)cc1Cl)=C2c1ccc(CC2CCN(C(=O)OC(C)(C)C)C2)cc1. The van der Waals surface area contributed by atoms with Crippen molar-refractivity contribution in [2.75, 3.05) is 20.2 Å². The molecule has 2 aliphatic rings. The van der Waals surface area contributed by atoms with Crippen LogP contribution in [-0.2, 0) is 22.3 Å². The van der Waals surface area contributed by atoms with Crippen LogP contribution in [0.3, 0.4) is 0 Å². The standard InChI is InChI=1S/C35H37Cl2NO4/c1-35(2,3)42-34(40)38-17-16-23(21-38)18-22-8-10-24(11-9-22)32-28-14-12-26(33(39)41-4)19-25(28)6-5-7-30(32)29-15-13-27(36)20-31(29)37/h8-15,19-20,23H,5-7,16-18,21H2,1-4H3. The second-order valence-electron chi connectivity index (χ2n) is 12.2. The zero-order valence-corrected chi connectivity index (χ0v) is 26.1. The van der Waals surface area contributed by atoms with Gasteiger partial charge < -0.3 is 14.4 Å². The summed E-state index contributed by atoms with van der Waals surface area (Å²) in [5.74, 6) is 0.0522. The van der Waals surface area contributed by atoms with Gasteiger partial charge >= 0.3 is 12.1 Å². The number of allylic oxidation sites excluding steroid dienone is 1. The number of hydrogen-bond donors (Lipinski definition) is 0. The van der Waals surface area contributed by atoms with Gasteiger partial charge in [-0.15, -0.1) is 0 Å². The van der Waals surface area contributed by atoms with Crippen molar-refractivity contribution >= 4 is 46.4 Å². The molecule has 1 unspecified atom stereocenters. The minimum absolute atomic E-state index is 0.233. The summed E-state index contributed by atoms with van der Waals surface area (Å²) in [6.07, 6.45) is 4.22. The highest BCUT2D eigenvalue weighted by atomic mass is 35.5. The predicted octanol–water partition coefficient (Wildman–Crippen LogP) is 8.87. The van der Waals surface area contributed by atoms with Gasteiger partial charge in [-0.1, -0.05) is 59.6 Å². The molecule has 1 atom stereocenters. The zero-order chi connectivity index (χ0) is 30.0. The molecule has 5 nitrogen and oxygen atoms in total. The van der Waals surface area contributed by atoms with Crippen molar-refractivity contribution in [1.29, 1.82) is 0 Å². The van der Waals surface area contributed by atoms with Gasteiger partial charge in [0.2, 0.25) is 0 Å². The molecular formula is C35H37Cl2NO4. The van der Waals surface area contributed by atoms with Gasteiger partial charge in [-0.2, -0.15) is 0 Å². The average molecular weight is 607 g/mol. The Kier molecular flexibility index (Phi) is 9.00. The number of halogens is 2. The lowest BCUT2D eigenvalue weighted by Gasteiger charge is -2.24. The number of benzene rings is 3. The summed E-state index contributed by atoms with van der Waals surface area (Å²) < 4.78 is 10.6. The van der Waals surface area contributed by atoms with E-state index in [1.165, 1.54) is 12.7 Å². The minimum atomic E-state index is -0.494. The number of methoxy groups -OCH3 is 1. The first-order valence-corrected chi connectivity index (χ1v) is 15.3. The largest absolute Gasteiger partial charge is 0.465 e. The molecule has 0 bridgehead atoms. The van der Waals surface area contributed by atoms with Crippen LogP contribution in [0.1, 0.15) is 78.2 Å². The summed E-state index contributed by atoms with van der Waals surface area (Å²) in [5.41, 5.74) is 7.85. The van der Waals surface area contributed by atoms with E-state index in [0.717, 1.165) is 72.0 Å². The number of amides is 1. The zero-order valence-electron chi connectivity index (χ0n) is 24.6. The summed E-state index contributed by atoms with van der Waals surface area (Å²) in [5, 5.41) is 1.22. The molecule has 1 aliphatic carbocycles. The lowest BCUT2D eigenvalue weighted by molar-refractivity contribution is 0.0288. The Labute approximate surface area is 258 Å². The number of carbonyl (C=O) groups excluding carboxylic acids is 2. The second kappa shape index (κ2) is 12.5. The first-order valence-electron chi connectivity index (χ1n) is 14.5. The Balaban J connectivity index is 1.47. The van der Waals surface area contributed by atoms with E-state index >= 15 is 0 Å². The summed E-state index contributed by atoms with van der Waals surface area (Å²) in [6.45, 7) is 7.11. The van der Waals surface area contributed by atoms with Crippen LogP contribution >= 0.6 is 23.2 Å². The second-order valence-corrected chi connectivity index (χ2v) is 13.0. The Hall–Kier alpha value is -3.28. The van der Waals surface area contributed by atoms with Gasteiger partial charge in [0.05, 0.1) is 12.7 Å². The van der Waals surface area contributed by atoms with E-state index in [9.17, 15) is 9.59 Å². The molecule has 1 aliphatic heterocycles. The van der Waals surface area contributed by atoms with Crippen LogP contribution in [0.4, 0.5) is 4.79 Å². The van der Waals surface area contributed by atoms with Crippen molar-refractivity contribution in [2.24, 2.45) is 5.92 Å². The molecule has 0 aromatic heterocycles. The Morgan fingerprint density at radius 1 is 0.952 bits per heavy atom. The van der Waals surface area contributed by atoms with Crippen LogP contribution in [0.2, 0.25) is 10.0 Å². The molecule has 5 rings (SSSR count). The number of nitrogens with zero attached hydrogens (tertiary/aromatic N) is 1. The van der Waals surface area contributed by atoms with E-state index in [-0.39, 0.29) is 12.1 Å². The molecule has 0 saturated carbocycles. The number of hydrogen-bond acceptors (Lipinski definition) is 4. The molecule has 1 fully saturated rings. The maximum atomic E-state index is 12.5. The third-order valence-electron chi connectivity index (χ3n) is 7.93. The highest BCUT2D eigenvalue weighted by Gasteiger charge is 2.30. The number of fused-ring (bicyclic) bond motifs is 1. The third kappa shape index (κ3) is 6.85. The van der Waals surface area contributed by atoms with Gasteiger partial charge in [-0.25, -0.2) is 9.59 Å². The summed E-state index contributed by atoms with van der Waals surface area (Å²) in [7, 11) is 1.40. The van der Waals surface area contributed by atoms with Crippen LogP contribution in [0.5, 0.6) is 0 Å². The van der Waals surface area contributed by atoms with Crippen molar-refractivity contribution in [2.45, 2.75) is 58.5 Å². The fraction of sp³-hybridized carbons (Fsp3) is 0.371. The quantitative estimate of drug-likeness (QED) is 0.272. The molecule has 3 aromatic carbocycles. The van der Waals surface area contributed by atoms with E-state index in [2.05, 4.69) is 24.3 Å². The molecule has 3 aromatic rings. The molecule has 7 heteroatoms. The van der Waals surface area contributed by atoms with Gasteiger partial charge in [-0.3, -0.25) is 0 Å². The fourth-order valence-corrected chi connectivity index (χ4v) is 6.52. The molecule has 0 radical (unpaired) electrons. The van der Waals surface area contributed by atoms with Crippen molar-refractivity contribution < 1.29 is 19.1 Å². The number of aryl methyl sites for hydroxylation is 1. The molecule has 1 amide bonds. The van der Waals surface area contributed by atoms with Crippen LogP contribution in [-0.4, -0.2) is 42.8 Å². The van der Waals surface area contributed by atoms with Gasteiger partial charge in [0.25, 0.3) is 0 Å². The van der Waals surface area contributed by atoms with Crippen LogP contribution in [0.15, 0.2) is 60.7 Å². The van der Waals surface area contributed by atoms with Crippen molar-refractivity contribution in [3.05, 3.63) is 104 Å². The van der Waals surface area contributed by atoms with Gasteiger partial charge in [-0.05, 0) is 122 Å². The molecule has 1 heterocycles. The number of esters is 1. The topological polar surface area (TPSA) is 55.8 Å². The van der Waals surface area contributed by atoms with E-state index in [1.54, 1.807) is 6.07 Å². The Bertz CT molecular complexity index is 1520. The number of likely N-dealkylation sites (tertiary alicyclic amines) is 1. The van der Waals surface area contributed by atoms with Crippen LogP contribution < -0.4 is 0 Å². The van der Waals surface area contributed by atoms with Crippen LogP contribution in [0.25, 0.3) is 11.1 Å². The third-order valence-corrected chi connectivity index (χ3v) is 8.48. The predicted molar refractivity (Wildman–Crippen MR) is 169 cm³/mol. The normalized spacial score (nSPS) is 17.1. The molecular weight excluding hydrogens is 569 g/mol. The maximum Gasteiger partial charge on any atom is 0.410 e. The highest BCUT2D eigenvalue weighted by molar-refractivity contribution is 6.36. The molecule has 0 spiro atoms. The lowest BCUT2D eigenvalue weighted by atomic mass is 9.86. The minimum Gasteiger partial charge on any atom is -0.465 e. The fourth-order valence-electron chi connectivity index (χ4n) is 6.00. The number of rotatable bonds is 5. The molecule has 42 heavy (non-hydrogen) atoms. The van der Waals surface area contributed by atoms with E-state index in [4.69, 9.17) is 32.7 Å². The van der Waals surface area contributed by atoms with E-state index < -0.39 is 5.60 Å². The van der Waals surface area contributed by atoms with Gasteiger partial charge in [0, 0.05) is 23.1 Å². The van der Waals surface area contributed by atoms with E-state index in [1.807, 2.05) is 56.0 Å². The van der Waals surface area contributed by atoms with Gasteiger partial charge in [0.1, 0.15) is 5.60 Å². The van der Waals surface area contributed by atoms with Crippen molar-refractivity contribution in [3.63, 3.8) is 0 Å². The van der Waals surface area contributed by atoms with Crippen LogP contribution in [0, 0.1) is 5.92 Å². The highest BCUT2D eigenvalue weighted by Crippen LogP contribution is 2.42. The number of carbonyl (C=O) groups is 2. The van der Waals surface area contributed by atoms with Gasteiger partial charge in [0.15, 0.2) is 0 Å². The summed E-state index contributed by atoms with van der Waals surface area (Å²) in [6, 6.07) is 20.2. The lowest BCUT2D eigenvalue weighted by Crippen LogP contribution is -2.35. The Morgan fingerprint density at radius 2 is 1.69 bits per heavy atom. The summed E-state index contributed by atoms with van der Waals surface area (Å²) >= 11 is 13.0. The Morgan fingerprint density at radius 3 is 2.38 bits per heavy atom. The first kappa shape index (κ1) is 30.2. The first-order chi connectivity index (χ1) is 20.0. The average Bonchev–Trinajstić information content (AvgIpc) is 3.33. The number of ether oxygens (including phenoxy) is 2. The smallest absolute Gasteiger partial charge is 0.410 e. The molecule has 220 valence electrons. The molecule has 1 saturated heterocycles. The summed E-state index contributed by atoms with van der Waals surface area (Å²) in [4.78, 5) is 26.7. The monoisotopic (exact) mass is 605 g/mol. The molecule has 0 N–H and O–H groups in total. The van der Waals surface area contributed by atoms with E-state index in [0.29, 0.717) is 28.1 Å². The maximum absolute atomic E-state index is 12.5.